The normalized spacial score (nSPS) is 21.5. The van der Waals surface area contributed by atoms with E-state index in [0.29, 0.717) is 19.0 Å². The molecule has 1 aromatic rings. The van der Waals surface area contributed by atoms with Crippen LogP contribution in [0.1, 0.15) is 25.8 Å². The summed E-state index contributed by atoms with van der Waals surface area (Å²) in [4.78, 5) is 2.28. The largest absolute Gasteiger partial charge is 0.302 e. The maximum atomic E-state index is 12.0. The molecule has 2 rings (SSSR count). The molecule has 5 heteroatoms. The molecule has 118 valence electrons. The van der Waals surface area contributed by atoms with E-state index in [9.17, 15) is 8.42 Å². The molecule has 1 saturated heterocycles. The molecule has 1 aliphatic rings. The van der Waals surface area contributed by atoms with Gasteiger partial charge in [-0.25, -0.2) is 13.1 Å². The molecule has 0 bridgehead atoms. The van der Waals surface area contributed by atoms with Crippen LogP contribution in [0.2, 0.25) is 0 Å². The van der Waals surface area contributed by atoms with E-state index in [0.717, 1.165) is 25.9 Å². The molecule has 0 radical (unpaired) electrons. The van der Waals surface area contributed by atoms with Crippen LogP contribution in [-0.2, 0) is 16.4 Å². The fourth-order valence-corrected chi connectivity index (χ4v) is 4.52. The number of rotatable bonds is 7. The summed E-state index contributed by atoms with van der Waals surface area (Å²) in [6, 6.07) is 10.5. The van der Waals surface area contributed by atoms with E-state index in [4.69, 9.17) is 0 Å². The van der Waals surface area contributed by atoms with Gasteiger partial charge in [-0.15, -0.1) is 0 Å². The molecule has 0 aliphatic carbocycles. The predicted molar refractivity (Wildman–Crippen MR) is 86.8 cm³/mol. The highest BCUT2D eigenvalue weighted by atomic mass is 32.2. The van der Waals surface area contributed by atoms with Gasteiger partial charge < -0.3 is 4.90 Å². The van der Waals surface area contributed by atoms with Gasteiger partial charge in [0, 0.05) is 19.6 Å². The van der Waals surface area contributed by atoms with Crippen molar-refractivity contribution in [2.45, 2.75) is 31.9 Å². The van der Waals surface area contributed by atoms with E-state index in [1.54, 1.807) is 0 Å². The third-order valence-corrected chi connectivity index (χ3v) is 5.96. The maximum Gasteiger partial charge on any atom is 0.215 e. The number of sulfonamides is 1. The Morgan fingerprint density at radius 2 is 2.05 bits per heavy atom. The molecular formula is C16H26N2O2S. The molecule has 1 heterocycles. The monoisotopic (exact) mass is 310 g/mol. The summed E-state index contributed by atoms with van der Waals surface area (Å²) in [5.74, 6) is 0.535. The Labute approximate surface area is 128 Å². The van der Waals surface area contributed by atoms with Gasteiger partial charge in [-0.05, 0) is 30.9 Å². The van der Waals surface area contributed by atoms with Crippen molar-refractivity contribution < 1.29 is 8.42 Å². The topological polar surface area (TPSA) is 49.4 Å². The van der Waals surface area contributed by atoms with Crippen molar-refractivity contribution in [2.75, 3.05) is 26.2 Å². The Morgan fingerprint density at radius 3 is 2.71 bits per heavy atom. The first-order chi connectivity index (χ1) is 10.0. The number of hydrogen-bond acceptors (Lipinski definition) is 3. The summed E-state index contributed by atoms with van der Waals surface area (Å²) in [5, 5.41) is -0.249. The average Bonchev–Trinajstić information content (AvgIpc) is 2.89. The molecule has 0 amide bonds. The summed E-state index contributed by atoms with van der Waals surface area (Å²) >= 11 is 0. The second kappa shape index (κ2) is 7.38. The van der Waals surface area contributed by atoms with Crippen molar-refractivity contribution in [2.24, 2.45) is 5.92 Å². The molecule has 1 N–H and O–H groups in total. The van der Waals surface area contributed by atoms with Crippen LogP contribution in [-0.4, -0.2) is 44.7 Å². The van der Waals surface area contributed by atoms with Crippen molar-refractivity contribution in [3.63, 3.8) is 0 Å². The molecule has 4 nitrogen and oxygen atoms in total. The van der Waals surface area contributed by atoms with Crippen molar-refractivity contribution in [3.05, 3.63) is 35.9 Å². The maximum absolute atomic E-state index is 12.0. The van der Waals surface area contributed by atoms with Gasteiger partial charge in [0.2, 0.25) is 10.0 Å². The minimum atomic E-state index is -3.13. The van der Waals surface area contributed by atoms with E-state index in [1.165, 1.54) is 5.56 Å². The highest BCUT2D eigenvalue weighted by molar-refractivity contribution is 7.90. The molecule has 21 heavy (non-hydrogen) atoms. The predicted octanol–water partition coefficient (Wildman–Crippen LogP) is 1.88. The Morgan fingerprint density at radius 1 is 1.33 bits per heavy atom. The zero-order chi connectivity index (χ0) is 15.3. The summed E-state index contributed by atoms with van der Waals surface area (Å²) < 4.78 is 26.7. The summed E-state index contributed by atoms with van der Waals surface area (Å²) in [6.07, 6.45) is 1.79. The standard InChI is InChI=1S/C16H26N2O2S/c1-3-17-21(19,20)16-9-10-18(13-16)12-14(2)11-15-7-5-4-6-8-15/h4-8,14,16-17H,3,9-13H2,1-2H3/t14-,16-/m0/s1. The van der Waals surface area contributed by atoms with Crippen LogP contribution in [0.3, 0.4) is 0 Å². The van der Waals surface area contributed by atoms with Gasteiger partial charge in [0.15, 0.2) is 0 Å². The van der Waals surface area contributed by atoms with Gasteiger partial charge >= 0.3 is 0 Å². The lowest BCUT2D eigenvalue weighted by Gasteiger charge is -2.21. The number of nitrogens with one attached hydrogen (secondary N) is 1. The molecule has 0 aromatic heterocycles. The van der Waals surface area contributed by atoms with E-state index >= 15 is 0 Å². The molecule has 0 saturated carbocycles. The fourth-order valence-electron chi connectivity index (χ4n) is 3.06. The lowest BCUT2D eigenvalue weighted by molar-refractivity contribution is 0.287. The van der Waals surface area contributed by atoms with Crippen molar-refractivity contribution >= 4 is 10.0 Å². The van der Waals surface area contributed by atoms with Crippen LogP contribution < -0.4 is 4.72 Å². The Balaban J connectivity index is 1.82. The van der Waals surface area contributed by atoms with Gasteiger partial charge in [0.25, 0.3) is 0 Å². The first-order valence-electron chi connectivity index (χ1n) is 7.76. The van der Waals surface area contributed by atoms with Gasteiger partial charge in [-0.3, -0.25) is 0 Å². The lowest BCUT2D eigenvalue weighted by atomic mass is 10.0. The lowest BCUT2D eigenvalue weighted by Crippen LogP contribution is -2.37. The molecule has 1 fully saturated rings. The quantitative estimate of drug-likeness (QED) is 0.836. The Kier molecular flexibility index (Phi) is 5.79. The van der Waals surface area contributed by atoms with Crippen molar-refractivity contribution in [1.82, 2.24) is 9.62 Å². The third-order valence-electron chi connectivity index (χ3n) is 4.01. The van der Waals surface area contributed by atoms with Crippen LogP contribution in [0.5, 0.6) is 0 Å². The zero-order valence-electron chi connectivity index (χ0n) is 13.0. The average molecular weight is 310 g/mol. The smallest absolute Gasteiger partial charge is 0.215 e. The number of benzene rings is 1. The first kappa shape index (κ1) is 16.5. The molecule has 0 unspecified atom stereocenters. The Bertz CT molecular complexity index is 530. The molecular weight excluding hydrogens is 284 g/mol. The first-order valence-corrected chi connectivity index (χ1v) is 9.30. The van der Waals surface area contributed by atoms with Crippen LogP contribution in [0.25, 0.3) is 0 Å². The second-order valence-electron chi connectivity index (χ2n) is 6.01. The zero-order valence-corrected chi connectivity index (χ0v) is 13.8. The third kappa shape index (κ3) is 4.80. The van der Waals surface area contributed by atoms with Crippen LogP contribution in [0.4, 0.5) is 0 Å². The van der Waals surface area contributed by atoms with Crippen LogP contribution in [0.15, 0.2) is 30.3 Å². The molecule has 1 aromatic carbocycles. The molecule has 1 aliphatic heterocycles. The van der Waals surface area contributed by atoms with Crippen molar-refractivity contribution in [3.8, 4) is 0 Å². The van der Waals surface area contributed by atoms with Crippen molar-refractivity contribution in [1.29, 1.82) is 0 Å². The van der Waals surface area contributed by atoms with E-state index in [-0.39, 0.29) is 5.25 Å². The van der Waals surface area contributed by atoms with Gasteiger partial charge in [-0.2, -0.15) is 0 Å². The number of likely N-dealkylation sites (tertiary alicyclic amines) is 1. The summed E-state index contributed by atoms with van der Waals surface area (Å²) in [6.45, 7) is 7.05. The number of hydrogen-bond donors (Lipinski definition) is 1. The SMILES string of the molecule is CCNS(=O)(=O)[C@H]1CCN(C[C@@H](C)Cc2ccccc2)C1. The van der Waals surface area contributed by atoms with Gasteiger partial charge in [0.05, 0.1) is 5.25 Å². The highest BCUT2D eigenvalue weighted by Crippen LogP contribution is 2.18. The van der Waals surface area contributed by atoms with E-state index < -0.39 is 10.0 Å². The number of nitrogens with zero attached hydrogens (tertiary/aromatic N) is 1. The van der Waals surface area contributed by atoms with E-state index in [1.807, 2.05) is 13.0 Å². The van der Waals surface area contributed by atoms with Gasteiger partial charge in [0.1, 0.15) is 0 Å². The fraction of sp³-hybridized carbons (Fsp3) is 0.625. The Hall–Kier alpha value is -0.910. The summed E-state index contributed by atoms with van der Waals surface area (Å²) in [7, 11) is -3.13. The summed E-state index contributed by atoms with van der Waals surface area (Å²) in [5.41, 5.74) is 1.35. The van der Waals surface area contributed by atoms with Crippen LogP contribution >= 0.6 is 0 Å². The van der Waals surface area contributed by atoms with E-state index in [2.05, 4.69) is 40.8 Å². The molecule has 0 spiro atoms. The minimum Gasteiger partial charge on any atom is -0.302 e. The highest BCUT2D eigenvalue weighted by Gasteiger charge is 2.32. The minimum absolute atomic E-state index is 0.249. The van der Waals surface area contributed by atoms with Gasteiger partial charge in [-0.1, -0.05) is 44.2 Å². The second-order valence-corrected chi connectivity index (χ2v) is 8.05. The van der Waals surface area contributed by atoms with Crippen LogP contribution in [0, 0.1) is 5.92 Å². The molecule has 2 atom stereocenters.